The summed E-state index contributed by atoms with van der Waals surface area (Å²) in [6.45, 7) is 0. The minimum absolute atomic E-state index is 1.02. The van der Waals surface area contributed by atoms with Gasteiger partial charge in [0.1, 0.15) is 5.65 Å². The van der Waals surface area contributed by atoms with E-state index >= 15 is 0 Å². The fourth-order valence-corrected chi connectivity index (χ4v) is 4.09. The molecule has 0 N–H and O–H groups in total. The predicted molar refractivity (Wildman–Crippen MR) is 104 cm³/mol. The molecule has 0 saturated carbocycles. The van der Waals surface area contributed by atoms with Crippen molar-refractivity contribution >= 4 is 49.3 Å². The van der Waals surface area contributed by atoms with E-state index in [2.05, 4.69) is 88.9 Å². The van der Waals surface area contributed by atoms with E-state index in [-0.39, 0.29) is 0 Å². The Bertz CT molecular complexity index is 1450. The van der Waals surface area contributed by atoms with Crippen LogP contribution in [0, 0.1) is 0 Å². The molecule has 3 aromatic carbocycles. The second kappa shape index (κ2) is 4.39. The summed E-state index contributed by atoms with van der Waals surface area (Å²) < 4.78 is 4.47. The largest absolute Gasteiger partial charge is 0.344 e. The SMILES string of the molecule is Cn1c2ccccc2c2cc3nc4c5ccccc5ccn4c3cc21. The van der Waals surface area contributed by atoms with E-state index in [1.807, 2.05) is 0 Å². The number of imidazole rings is 1. The maximum atomic E-state index is 4.96. The van der Waals surface area contributed by atoms with Gasteiger partial charge in [0.15, 0.2) is 0 Å². The summed E-state index contributed by atoms with van der Waals surface area (Å²) in [5.74, 6) is 0. The highest BCUT2D eigenvalue weighted by atomic mass is 15.0. The summed E-state index contributed by atoms with van der Waals surface area (Å²) in [4.78, 5) is 4.96. The molecule has 6 rings (SSSR count). The second-order valence-electron chi connectivity index (χ2n) is 6.64. The molecule has 0 aliphatic heterocycles. The standard InChI is InChI=1S/C22H15N3/c1-24-19-9-5-4-8-16(19)17-12-18-21(13-20(17)24)25-11-10-14-6-2-3-7-15(14)22(25)23-18/h2-13H,1H3. The van der Waals surface area contributed by atoms with Gasteiger partial charge >= 0.3 is 0 Å². The number of pyridine rings is 1. The van der Waals surface area contributed by atoms with E-state index in [0.717, 1.165) is 16.7 Å². The molecule has 0 bridgehead atoms. The first kappa shape index (κ1) is 13.0. The third-order valence-corrected chi connectivity index (χ3v) is 5.33. The summed E-state index contributed by atoms with van der Waals surface area (Å²) >= 11 is 0. The maximum Gasteiger partial charge on any atom is 0.145 e. The maximum absolute atomic E-state index is 4.96. The van der Waals surface area contributed by atoms with Crippen LogP contribution >= 0.6 is 0 Å². The molecule has 0 amide bonds. The Morgan fingerprint density at radius 2 is 1.52 bits per heavy atom. The number of benzene rings is 3. The first-order valence-corrected chi connectivity index (χ1v) is 8.48. The first-order chi connectivity index (χ1) is 12.3. The topological polar surface area (TPSA) is 22.2 Å². The van der Waals surface area contributed by atoms with Crippen LogP contribution in [0.2, 0.25) is 0 Å². The van der Waals surface area contributed by atoms with Gasteiger partial charge in [0.05, 0.1) is 16.6 Å². The Labute approximate surface area is 143 Å². The molecule has 3 aromatic heterocycles. The molecule has 118 valence electrons. The van der Waals surface area contributed by atoms with Gasteiger partial charge < -0.3 is 4.57 Å². The van der Waals surface area contributed by atoms with E-state index in [1.54, 1.807) is 0 Å². The van der Waals surface area contributed by atoms with Crippen molar-refractivity contribution in [3.8, 4) is 0 Å². The summed E-state index contributed by atoms with van der Waals surface area (Å²) in [5, 5.41) is 4.96. The van der Waals surface area contributed by atoms with Crippen molar-refractivity contribution in [2.45, 2.75) is 0 Å². The average molecular weight is 321 g/mol. The number of para-hydroxylation sites is 1. The van der Waals surface area contributed by atoms with Crippen LogP contribution in [0.1, 0.15) is 0 Å². The van der Waals surface area contributed by atoms with Crippen molar-refractivity contribution in [2.24, 2.45) is 7.05 Å². The quantitative estimate of drug-likeness (QED) is 0.373. The highest BCUT2D eigenvalue weighted by molar-refractivity contribution is 6.12. The van der Waals surface area contributed by atoms with E-state index in [1.165, 1.54) is 32.6 Å². The lowest BCUT2D eigenvalue weighted by molar-refractivity contribution is 1.01. The third-order valence-electron chi connectivity index (χ3n) is 5.33. The number of aromatic nitrogens is 3. The summed E-state index contributed by atoms with van der Waals surface area (Å²) in [6.07, 6.45) is 2.13. The molecular formula is C22H15N3. The normalized spacial score (nSPS) is 12.2. The smallest absolute Gasteiger partial charge is 0.145 e. The van der Waals surface area contributed by atoms with Crippen molar-refractivity contribution < 1.29 is 0 Å². The van der Waals surface area contributed by atoms with Gasteiger partial charge in [0.25, 0.3) is 0 Å². The molecule has 0 unspecified atom stereocenters. The van der Waals surface area contributed by atoms with Gasteiger partial charge in [-0.25, -0.2) is 4.98 Å². The van der Waals surface area contributed by atoms with Gasteiger partial charge in [0.2, 0.25) is 0 Å². The van der Waals surface area contributed by atoms with Crippen molar-refractivity contribution in [3.05, 3.63) is 72.9 Å². The van der Waals surface area contributed by atoms with Crippen LogP contribution in [0.5, 0.6) is 0 Å². The van der Waals surface area contributed by atoms with Crippen molar-refractivity contribution in [2.75, 3.05) is 0 Å². The van der Waals surface area contributed by atoms with E-state index < -0.39 is 0 Å². The molecule has 0 aliphatic carbocycles. The number of nitrogens with zero attached hydrogens (tertiary/aromatic N) is 3. The summed E-state index contributed by atoms with van der Waals surface area (Å²) in [6, 6.07) is 23.6. The highest BCUT2D eigenvalue weighted by Gasteiger charge is 2.13. The molecule has 25 heavy (non-hydrogen) atoms. The minimum atomic E-state index is 1.02. The third kappa shape index (κ3) is 1.57. The van der Waals surface area contributed by atoms with Crippen molar-refractivity contribution in [1.29, 1.82) is 0 Å². The van der Waals surface area contributed by atoms with Crippen LogP contribution in [0.15, 0.2) is 72.9 Å². The molecule has 0 radical (unpaired) electrons. The number of hydrogen-bond donors (Lipinski definition) is 0. The number of rotatable bonds is 0. The Hall–Kier alpha value is -3.33. The van der Waals surface area contributed by atoms with Gasteiger partial charge in [-0.1, -0.05) is 42.5 Å². The van der Waals surface area contributed by atoms with Crippen LogP contribution in [-0.2, 0) is 7.05 Å². The molecule has 6 aromatic rings. The van der Waals surface area contributed by atoms with Gasteiger partial charge in [-0.2, -0.15) is 0 Å². The number of hydrogen-bond acceptors (Lipinski definition) is 1. The lowest BCUT2D eigenvalue weighted by atomic mass is 10.1. The molecule has 0 saturated heterocycles. The van der Waals surface area contributed by atoms with Crippen molar-refractivity contribution in [1.82, 2.24) is 14.0 Å². The second-order valence-corrected chi connectivity index (χ2v) is 6.64. The zero-order chi connectivity index (χ0) is 16.5. The molecule has 3 heterocycles. The van der Waals surface area contributed by atoms with E-state index in [9.17, 15) is 0 Å². The molecule has 0 aliphatic rings. The monoisotopic (exact) mass is 321 g/mol. The molecule has 3 nitrogen and oxygen atoms in total. The molecule has 0 spiro atoms. The Balaban J connectivity index is 1.86. The Kier molecular flexibility index (Phi) is 2.29. The molecule has 3 heteroatoms. The van der Waals surface area contributed by atoms with Crippen LogP contribution < -0.4 is 0 Å². The zero-order valence-corrected chi connectivity index (χ0v) is 13.8. The molecule has 0 fully saturated rings. The molecule has 0 atom stereocenters. The lowest BCUT2D eigenvalue weighted by Crippen LogP contribution is -1.88. The van der Waals surface area contributed by atoms with Crippen molar-refractivity contribution in [3.63, 3.8) is 0 Å². The zero-order valence-electron chi connectivity index (χ0n) is 13.8. The fraction of sp³-hybridized carbons (Fsp3) is 0.0455. The van der Waals surface area contributed by atoms with Gasteiger partial charge in [-0.15, -0.1) is 0 Å². The van der Waals surface area contributed by atoms with Crippen LogP contribution in [0.25, 0.3) is 49.3 Å². The van der Waals surface area contributed by atoms with Gasteiger partial charge in [-0.3, -0.25) is 4.40 Å². The summed E-state index contributed by atoms with van der Waals surface area (Å²) in [7, 11) is 2.13. The van der Waals surface area contributed by atoms with E-state index in [0.29, 0.717) is 0 Å². The van der Waals surface area contributed by atoms with Gasteiger partial charge in [0, 0.05) is 34.9 Å². The van der Waals surface area contributed by atoms with Crippen LogP contribution in [-0.4, -0.2) is 14.0 Å². The number of fused-ring (bicyclic) bond motifs is 8. The average Bonchev–Trinajstić information content (AvgIpc) is 3.16. The van der Waals surface area contributed by atoms with E-state index in [4.69, 9.17) is 4.98 Å². The highest BCUT2D eigenvalue weighted by Crippen LogP contribution is 2.32. The minimum Gasteiger partial charge on any atom is -0.344 e. The predicted octanol–water partition coefficient (Wildman–Crippen LogP) is 5.29. The summed E-state index contributed by atoms with van der Waals surface area (Å²) in [5.41, 5.74) is 5.71. The Morgan fingerprint density at radius 3 is 2.44 bits per heavy atom. The van der Waals surface area contributed by atoms with Crippen LogP contribution in [0.4, 0.5) is 0 Å². The Morgan fingerprint density at radius 1 is 0.720 bits per heavy atom. The number of aryl methyl sites for hydroxylation is 1. The molecular weight excluding hydrogens is 306 g/mol. The van der Waals surface area contributed by atoms with Crippen LogP contribution in [0.3, 0.4) is 0 Å². The first-order valence-electron chi connectivity index (χ1n) is 8.48. The fourth-order valence-electron chi connectivity index (χ4n) is 4.09. The van der Waals surface area contributed by atoms with Gasteiger partial charge in [-0.05, 0) is 29.7 Å². The lowest BCUT2D eigenvalue weighted by Gasteiger charge is -2.01.